The first-order chi connectivity index (χ1) is 8.81. The molecular weight excluding hydrogens is 230 g/mol. The quantitative estimate of drug-likeness (QED) is 0.829. The molecule has 1 aliphatic heterocycles. The van der Waals surface area contributed by atoms with E-state index in [-0.39, 0.29) is 18.6 Å². The fourth-order valence-corrected chi connectivity index (χ4v) is 3.08. The lowest BCUT2D eigenvalue weighted by Crippen LogP contribution is -2.50. The van der Waals surface area contributed by atoms with Crippen LogP contribution in [0, 0.1) is 5.92 Å². The molecule has 1 saturated carbocycles. The smallest absolute Gasteiger partial charge is 0.223 e. The zero-order valence-electron chi connectivity index (χ0n) is 11.1. The number of nitrogens with zero attached hydrogens (tertiary/aromatic N) is 1. The fourth-order valence-electron chi connectivity index (χ4n) is 3.08. The summed E-state index contributed by atoms with van der Waals surface area (Å²) >= 11 is 0. The number of aliphatic hydroxyl groups excluding tert-OH is 1. The number of rotatable bonds is 4. The first-order valence-electron chi connectivity index (χ1n) is 7.29. The first-order valence-corrected chi connectivity index (χ1v) is 7.29. The summed E-state index contributed by atoms with van der Waals surface area (Å²) in [5.41, 5.74) is 0. The highest BCUT2D eigenvalue weighted by molar-refractivity contribution is 5.76. The molecule has 4 nitrogen and oxygen atoms in total. The molecule has 1 N–H and O–H groups in total. The topological polar surface area (TPSA) is 49.8 Å². The van der Waals surface area contributed by atoms with Gasteiger partial charge in [-0.15, -0.1) is 0 Å². The Balaban J connectivity index is 1.75. The number of carbonyl (C=O) groups excluding carboxylic acids is 1. The monoisotopic (exact) mass is 255 g/mol. The summed E-state index contributed by atoms with van der Waals surface area (Å²) in [4.78, 5) is 14.0. The van der Waals surface area contributed by atoms with Crippen LogP contribution in [0.2, 0.25) is 0 Å². The summed E-state index contributed by atoms with van der Waals surface area (Å²) in [7, 11) is 0. The molecule has 0 aromatic heterocycles. The van der Waals surface area contributed by atoms with E-state index in [0.29, 0.717) is 26.2 Å². The maximum atomic E-state index is 12.2. The number of hydrogen-bond acceptors (Lipinski definition) is 3. The molecule has 0 radical (unpaired) electrons. The molecule has 0 aromatic carbocycles. The number of carbonyl (C=O) groups is 1. The zero-order valence-corrected chi connectivity index (χ0v) is 11.1. The van der Waals surface area contributed by atoms with E-state index in [1.807, 2.05) is 4.90 Å². The Kier molecular flexibility index (Phi) is 5.45. The van der Waals surface area contributed by atoms with E-state index in [1.165, 1.54) is 32.1 Å². The van der Waals surface area contributed by atoms with Gasteiger partial charge >= 0.3 is 0 Å². The highest BCUT2D eigenvalue weighted by atomic mass is 16.5. The van der Waals surface area contributed by atoms with Gasteiger partial charge < -0.3 is 14.7 Å². The largest absolute Gasteiger partial charge is 0.394 e. The minimum absolute atomic E-state index is 0.00910. The molecule has 0 unspecified atom stereocenters. The molecule has 0 aromatic rings. The van der Waals surface area contributed by atoms with Gasteiger partial charge in [-0.1, -0.05) is 32.1 Å². The SMILES string of the molecule is O=C(CCC1CCCCC1)N1CCOC[C@@H]1CO. The van der Waals surface area contributed by atoms with E-state index in [9.17, 15) is 9.90 Å². The van der Waals surface area contributed by atoms with E-state index in [0.717, 1.165) is 12.3 Å². The summed E-state index contributed by atoms with van der Waals surface area (Å²) in [6.07, 6.45) is 8.26. The molecule has 2 fully saturated rings. The van der Waals surface area contributed by atoms with E-state index in [4.69, 9.17) is 4.74 Å². The molecule has 18 heavy (non-hydrogen) atoms. The average molecular weight is 255 g/mol. The van der Waals surface area contributed by atoms with Gasteiger partial charge in [0, 0.05) is 13.0 Å². The van der Waals surface area contributed by atoms with Gasteiger partial charge in [-0.05, 0) is 12.3 Å². The van der Waals surface area contributed by atoms with Crippen LogP contribution < -0.4 is 0 Å². The predicted octanol–water partition coefficient (Wildman–Crippen LogP) is 1.57. The molecule has 1 aliphatic carbocycles. The Labute approximate surface area is 109 Å². The van der Waals surface area contributed by atoms with E-state index in [2.05, 4.69) is 0 Å². The van der Waals surface area contributed by atoms with Crippen LogP contribution >= 0.6 is 0 Å². The number of aliphatic hydroxyl groups is 1. The Morgan fingerprint density at radius 3 is 2.78 bits per heavy atom. The second-order valence-electron chi connectivity index (χ2n) is 5.54. The molecule has 1 saturated heterocycles. The Morgan fingerprint density at radius 1 is 1.28 bits per heavy atom. The van der Waals surface area contributed by atoms with Crippen LogP contribution in [0.3, 0.4) is 0 Å². The number of amides is 1. The minimum Gasteiger partial charge on any atom is -0.394 e. The summed E-state index contributed by atoms with van der Waals surface area (Å²) in [5.74, 6) is 0.944. The van der Waals surface area contributed by atoms with Gasteiger partial charge in [-0.25, -0.2) is 0 Å². The van der Waals surface area contributed by atoms with Gasteiger partial charge in [-0.3, -0.25) is 4.79 Å². The van der Waals surface area contributed by atoms with E-state index >= 15 is 0 Å². The lowest BCUT2D eigenvalue weighted by Gasteiger charge is -2.35. The van der Waals surface area contributed by atoms with Crippen molar-refractivity contribution >= 4 is 5.91 Å². The number of hydrogen-bond donors (Lipinski definition) is 1. The molecule has 104 valence electrons. The Bertz CT molecular complexity index is 264. The molecule has 4 heteroatoms. The summed E-state index contributed by atoms with van der Waals surface area (Å²) in [5, 5.41) is 9.25. The number of morpholine rings is 1. The molecular formula is C14H25NO3. The number of ether oxygens (including phenoxy) is 1. The predicted molar refractivity (Wildman–Crippen MR) is 69.2 cm³/mol. The van der Waals surface area contributed by atoms with Crippen molar-refractivity contribution in [3.63, 3.8) is 0 Å². The summed E-state index contributed by atoms with van der Waals surface area (Å²) in [6.45, 7) is 1.72. The van der Waals surface area contributed by atoms with Gasteiger partial charge in [0.25, 0.3) is 0 Å². The van der Waals surface area contributed by atoms with Crippen molar-refractivity contribution < 1.29 is 14.6 Å². The molecule has 2 rings (SSSR count). The standard InChI is InChI=1S/C14H25NO3/c16-10-13-11-18-9-8-15(13)14(17)7-6-12-4-2-1-3-5-12/h12-13,16H,1-11H2/t13-/m0/s1. The van der Waals surface area contributed by atoms with Crippen molar-refractivity contribution in [1.82, 2.24) is 4.90 Å². The van der Waals surface area contributed by atoms with E-state index < -0.39 is 0 Å². The molecule has 1 atom stereocenters. The molecule has 0 bridgehead atoms. The van der Waals surface area contributed by atoms with Crippen LogP contribution in [-0.4, -0.2) is 48.3 Å². The van der Waals surface area contributed by atoms with Crippen molar-refractivity contribution in [2.24, 2.45) is 5.92 Å². The van der Waals surface area contributed by atoms with Crippen molar-refractivity contribution in [1.29, 1.82) is 0 Å². The third-order valence-electron chi connectivity index (χ3n) is 4.25. The first kappa shape index (κ1) is 13.8. The van der Waals surface area contributed by atoms with Gasteiger partial charge in [0.1, 0.15) is 0 Å². The van der Waals surface area contributed by atoms with Gasteiger partial charge in [-0.2, -0.15) is 0 Å². The highest BCUT2D eigenvalue weighted by Crippen LogP contribution is 2.27. The van der Waals surface area contributed by atoms with Crippen LogP contribution in [0.4, 0.5) is 0 Å². The normalized spacial score (nSPS) is 26.3. The maximum Gasteiger partial charge on any atom is 0.223 e. The van der Waals surface area contributed by atoms with Crippen molar-refractivity contribution in [3.8, 4) is 0 Å². The molecule has 0 spiro atoms. The van der Waals surface area contributed by atoms with Gasteiger partial charge in [0.15, 0.2) is 0 Å². The van der Waals surface area contributed by atoms with Crippen LogP contribution in [0.1, 0.15) is 44.9 Å². The molecule has 1 heterocycles. The zero-order chi connectivity index (χ0) is 12.8. The lowest BCUT2D eigenvalue weighted by molar-refractivity contribution is -0.142. The van der Waals surface area contributed by atoms with Crippen LogP contribution in [-0.2, 0) is 9.53 Å². The van der Waals surface area contributed by atoms with Gasteiger partial charge in [0.05, 0.1) is 25.9 Å². The van der Waals surface area contributed by atoms with Crippen molar-refractivity contribution in [2.75, 3.05) is 26.4 Å². The van der Waals surface area contributed by atoms with Crippen LogP contribution in [0.5, 0.6) is 0 Å². The average Bonchev–Trinajstić information content (AvgIpc) is 2.45. The molecule has 1 amide bonds. The maximum absolute atomic E-state index is 12.2. The fraction of sp³-hybridized carbons (Fsp3) is 0.929. The van der Waals surface area contributed by atoms with Crippen molar-refractivity contribution in [2.45, 2.75) is 51.0 Å². The van der Waals surface area contributed by atoms with Crippen molar-refractivity contribution in [3.05, 3.63) is 0 Å². The minimum atomic E-state index is -0.127. The third-order valence-corrected chi connectivity index (χ3v) is 4.25. The second-order valence-corrected chi connectivity index (χ2v) is 5.54. The van der Waals surface area contributed by atoms with Crippen LogP contribution in [0.25, 0.3) is 0 Å². The van der Waals surface area contributed by atoms with Gasteiger partial charge in [0.2, 0.25) is 5.91 Å². The summed E-state index contributed by atoms with van der Waals surface area (Å²) in [6, 6.07) is -0.127. The van der Waals surface area contributed by atoms with Crippen LogP contribution in [0.15, 0.2) is 0 Å². The molecule has 2 aliphatic rings. The third kappa shape index (κ3) is 3.69. The lowest BCUT2D eigenvalue weighted by atomic mass is 9.86. The highest BCUT2D eigenvalue weighted by Gasteiger charge is 2.27. The second kappa shape index (κ2) is 7.10. The van der Waals surface area contributed by atoms with E-state index in [1.54, 1.807) is 0 Å². The Hall–Kier alpha value is -0.610. The summed E-state index contributed by atoms with van der Waals surface area (Å²) < 4.78 is 5.29. The Morgan fingerprint density at radius 2 is 2.06 bits per heavy atom.